The molecule has 110 valence electrons. The van der Waals surface area contributed by atoms with Crippen molar-refractivity contribution in [2.24, 2.45) is 0 Å². The van der Waals surface area contributed by atoms with Crippen molar-refractivity contribution >= 4 is 5.78 Å². The highest BCUT2D eigenvalue weighted by Crippen LogP contribution is 2.21. The molecular formula is C17H25NO2. The lowest BCUT2D eigenvalue weighted by atomic mass is 9.98. The van der Waals surface area contributed by atoms with Crippen LogP contribution in [-0.2, 0) is 6.42 Å². The molecule has 1 aromatic carbocycles. The summed E-state index contributed by atoms with van der Waals surface area (Å²) in [6, 6.07) is 7.91. The van der Waals surface area contributed by atoms with Crippen molar-refractivity contribution in [3.63, 3.8) is 0 Å². The van der Waals surface area contributed by atoms with Crippen LogP contribution in [0.25, 0.3) is 0 Å². The molecule has 20 heavy (non-hydrogen) atoms. The van der Waals surface area contributed by atoms with Crippen LogP contribution in [0.2, 0.25) is 0 Å². The first-order chi connectivity index (χ1) is 9.50. The SMILES string of the molecule is CCc1ccc(C(=O)CN2CCCC(C)(O)CC2)cc1. The number of benzene rings is 1. The van der Waals surface area contributed by atoms with E-state index in [1.165, 1.54) is 5.56 Å². The van der Waals surface area contributed by atoms with E-state index < -0.39 is 5.60 Å². The van der Waals surface area contributed by atoms with Crippen LogP contribution >= 0.6 is 0 Å². The maximum Gasteiger partial charge on any atom is 0.176 e. The second-order valence-corrected chi connectivity index (χ2v) is 6.10. The van der Waals surface area contributed by atoms with Crippen LogP contribution in [0.15, 0.2) is 24.3 Å². The van der Waals surface area contributed by atoms with Gasteiger partial charge in [0.05, 0.1) is 12.1 Å². The number of hydrogen-bond acceptors (Lipinski definition) is 3. The number of hydrogen-bond donors (Lipinski definition) is 1. The fourth-order valence-corrected chi connectivity index (χ4v) is 2.70. The van der Waals surface area contributed by atoms with Crippen molar-refractivity contribution in [2.75, 3.05) is 19.6 Å². The number of carbonyl (C=O) groups is 1. The van der Waals surface area contributed by atoms with Gasteiger partial charge in [0.1, 0.15) is 0 Å². The molecule has 1 unspecified atom stereocenters. The third-order valence-corrected chi connectivity index (χ3v) is 4.21. The summed E-state index contributed by atoms with van der Waals surface area (Å²) in [5.41, 5.74) is 1.48. The van der Waals surface area contributed by atoms with E-state index in [9.17, 15) is 9.90 Å². The van der Waals surface area contributed by atoms with Crippen molar-refractivity contribution in [3.8, 4) is 0 Å². The lowest BCUT2D eigenvalue weighted by molar-refractivity contribution is 0.0444. The summed E-state index contributed by atoms with van der Waals surface area (Å²) in [6.45, 7) is 6.16. The van der Waals surface area contributed by atoms with Crippen LogP contribution in [0, 0.1) is 0 Å². The zero-order valence-corrected chi connectivity index (χ0v) is 12.6. The Morgan fingerprint density at radius 1 is 1.25 bits per heavy atom. The average Bonchev–Trinajstić information content (AvgIpc) is 2.60. The van der Waals surface area contributed by atoms with E-state index in [2.05, 4.69) is 11.8 Å². The van der Waals surface area contributed by atoms with Crippen molar-refractivity contribution in [3.05, 3.63) is 35.4 Å². The molecule has 1 fully saturated rings. The standard InChI is InChI=1S/C17H25NO2/c1-3-14-5-7-15(8-6-14)16(19)13-18-11-4-9-17(2,20)10-12-18/h5-8,20H,3-4,9-13H2,1-2H3. The average molecular weight is 275 g/mol. The third-order valence-electron chi connectivity index (χ3n) is 4.21. The van der Waals surface area contributed by atoms with E-state index in [4.69, 9.17) is 0 Å². The minimum absolute atomic E-state index is 0.175. The minimum atomic E-state index is -0.569. The minimum Gasteiger partial charge on any atom is -0.390 e. The van der Waals surface area contributed by atoms with Gasteiger partial charge in [0.2, 0.25) is 0 Å². The van der Waals surface area contributed by atoms with E-state index in [1.807, 2.05) is 31.2 Å². The molecule has 0 saturated carbocycles. The second-order valence-electron chi connectivity index (χ2n) is 6.10. The highest BCUT2D eigenvalue weighted by Gasteiger charge is 2.25. The number of aliphatic hydroxyl groups is 1. The number of rotatable bonds is 4. The lowest BCUT2D eigenvalue weighted by Crippen LogP contribution is -2.32. The molecule has 1 atom stereocenters. The van der Waals surface area contributed by atoms with E-state index in [1.54, 1.807) is 0 Å². The van der Waals surface area contributed by atoms with Gasteiger partial charge in [-0.05, 0) is 44.7 Å². The quantitative estimate of drug-likeness (QED) is 0.859. The Morgan fingerprint density at radius 2 is 1.95 bits per heavy atom. The molecule has 1 aromatic rings. The van der Waals surface area contributed by atoms with E-state index in [0.717, 1.165) is 44.3 Å². The highest BCUT2D eigenvalue weighted by molar-refractivity contribution is 5.97. The summed E-state index contributed by atoms with van der Waals surface area (Å²) in [7, 11) is 0. The van der Waals surface area contributed by atoms with E-state index in [-0.39, 0.29) is 5.78 Å². The van der Waals surface area contributed by atoms with Gasteiger partial charge < -0.3 is 5.11 Å². The Morgan fingerprint density at radius 3 is 2.60 bits per heavy atom. The Labute approximate surface area is 121 Å². The summed E-state index contributed by atoms with van der Waals surface area (Å²) in [5.74, 6) is 0.175. The van der Waals surface area contributed by atoms with Gasteiger partial charge >= 0.3 is 0 Å². The molecule has 0 amide bonds. The molecule has 0 bridgehead atoms. The summed E-state index contributed by atoms with van der Waals surface area (Å²) in [6.07, 6.45) is 3.52. The van der Waals surface area contributed by atoms with Gasteiger partial charge in [-0.2, -0.15) is 0 Å². The van der Waals surface area contributed by atoms with E-state index >= 15 is 0 Å². The molecule has 3 nitrogen and oxygen atoms in total. The summed E-state index contributed by atoms with van der Waals surface area (Å²) in [4.78, 5) is 14.4. The fourth-order valence-electron chi connectivity index (χ4n) is 2.70. The predicted octanol–water partition coefficient (Wildman–Crippen LogP) is 2.67. The maximum atomic E-state index is 12.3. The van der Waals surface area contributed by atoms with Crippen LogP contribution in [-0.4, -0.2) is 41.0 Å². The Kier molecular flexibility index (Phi) is 4.95. The van der Waals surface area contributed by atoms with Crippen LogP contribution < -0.4 is 0 Å². The molecule has 1 N–H and O–H groups in total. The van der Waals surface area contributed by atoms with Gasteiger partial charge in [0, 0.05) is 12.1 Å². The third kappa shape index (κ3) is 4.15. The normalized spacial score (nSPS) is 24.4. The number of Topliss-reactive ketones (excluding diaryl/α,β-unsaturated/α-hetero) is 1. The molecule has 0 spiro atoms. The maximum absolute atomic E-state index is 12.3. The second kappa shape index (κ2) is 6.51. The number of ketones is 1. The summed E-state index contributed by atoms with van der Waals surface area (Å²) < 4.78 is 0. The van der Waals surface area contributed by atoms with Crippen LogP contribution in [0.3, 0.4) is 0 Å². The molecule has 0 aromatic heterocycles. The number of carbonyl (C=O) groups excluding carboxylic acids is 1. The van der Waals surface area contributed by atoms with Crippen LogP contribution in [0.5, 0.6) is 0 Å². The Balaban J connectivity index is 1.93. The molecule has 1 aliphatic heterocycles. The van der Waals surface area contributed by atoms with Gasteiger partial charge in [-0.25, -0.2) is 0 Å². The van der Waals surface area contributed by atoms with Crippen molar-refractivity contribution in [2.45, 2.75) is 45.1 Å². The molecule has 2 rings (SSSR count). The summed E-state index contributed by atoms with van der Waals surface area (Å²) in [5, 5.41) is 10.1. The van der Waals surface area contributed by atoms with Gasteiger partial charge in [0.15, 0.2) is 5.78 Å². The lowest BCUT2D eigenvalue weighted by Gasteiger charge is -2.21. The number of nitrogens with zero attached hydrogens (tertiary/aromatic N) is 1. The van der Waals surface area contributed by atoms with Crippen LogP contribution in [0.1, 0.15) is 49.0 Å². The van der Waals surface area contributed by atoms with Gasteiger partial charge in [-0.15, -0.1) is 0 Å². The largest absolute Gasteiger partial charge is 0.390 e. The van der Waals surface area contributed by atoms with Gasteiger partial charge in [0.25, 0.3) is 0 Å². The summed E-state index contributed by atoms with van der Waals surface area (Å²) >= 11 is 0. The van der Waals surface area contributed by atoms with Gasteiger partial charge in [-0.3, -0.25) is 9.69 Å². The first-order valence-corrected chi connectivity index (χ1v) is 7.57. The fraction of sp³-hybridized carbons (Fsp3) is 0.588. The topological polar surface area (TPSA) is 40.5 Å². The molecule has 0 aliphatic carbocycles. The number of likely N-dealkylation sites (tertiary alicyclic amines) is 1. The van der Waals surface area contributed by atoms with Crippen molar-refractivity contribution < 1.29 is 9.90 Å². The van der Waals surface area contributed by atoms with Gasteiger partial charge in [-0.1, -0.05) is 31.2 Å². The molecule has 1 saturated heterocycles. The Bertz CT molecular complexity index is 451. The highest BCUT2D eigenvalue weighted by atomic mass is 16.3. The molecular weight excluding hydrogens is 250 g/mol. The first kappa shape index (κ1) is 15.2. The molecule has 0 radical (unpaired) electrons. The first-order valence-electron chi connectivity index (χ1n) is 7.57. The number of aryl methyl sites for hydroxylation is 1. The van der Waals surface area contributed by atoms with Crippen LogP contribution in [0.4, 0.5) is 0 Å². The zero-order chi connectivity index (χ0) is 14.6. The van der Waals surface area contributed by atoms with Crippen molar-refractivity contribution in [1.29, 1.82) is 0 Å². The molecule has 3 heteroatoms. The zero-order valence-electron chi connectivity index (χ0n) is 12.6. The molecule has 1 aliphatic rings. The monoisotopic (exact) mass is 275 g/mol. The van der Waals surface area contributed by atoms with Crippen molar-refractivity contribution in [1.82, 2.24) is 4.90 Å². The predicted molar refractivity (Wildman–Crippen MR) is 81.1 cm³/mol. The van der Waals surface area contributed by atoms with E-state index in [0.29, 0.717) is 6.54 Å². The Hall–Kier alpha value is -1.19. The smallest absolute Gasteiger partial charge is 0.176 e. The molecule has 1 heterocycles.